The molecule has 2 rings (SSSR count). The fourth-order valence-electron chi connectivity index (χ4n) is 2.22. The zero-order chi connectivity index (χ0) is 18.2. The highest BCUT2D eigenvalue weighted by Gasteiger charge is 2.05. The summed E-state index contributed by atoms with van der Waals surface area (Å²) in [7, 11) is 0. The number of hydrogen-bond acceptors (Lipinski definition) is 4. The molecule has 1 atom stereocenters. The molecule has 1 unspecified atom stereocenters. The maximum Gasteiger partial charge on any atom is 0.277 e. The number of phenols is 1. The van der Waals surface area contributed by atoms with Gasteiger partial charge >= 0.3 is 0 Å². The molecule has 2 N–H and O–H groups in total. The van der Waals surface area contributed by atoms with Gasteiger partial charge in [0, 0.05) is 0 Å². The van der Waals surface area contributed by atoms with Gasteiger partial charge in [-0.2, -0.15) is 5.10 Å². The first-order chi connectivity index (χ1) is 12.0. The number of nitrogens with zero attached hydrogens (tertiary/aromatic N) is 1. The lowest BCUT2D eigenvalue weighted by atomic mass is 9.99. The van der Waals surface area contributed by atoms with Crippen LogP contribution in [-0.2, 0) is 4.79 Å². The molecule has 25 heavy (non-hydrogen) atoms. The molecule has 0 bridgehead atoms. The Kier molecular flexibility index (Phi) is 6.57. The van der Waals surface area contributed by atoms with Crippen LogP contribution in [0.2, 0.25) is 0 Å². The van der Waals surface area contributed by atoms with Crippen molar-refractivity contribution >= 4 is 11.6 Å². The van der Waals surface area contributed by atoms with Gasteiger partial charge < -0.3 is 9.84 Å². The molecule has 0 aliphatic carbocycles. The normalized spacial score (nSPS) is 12.5. The predicted octanol–water partition coefficient (Wildman–Crippen LogP) is 3.82. The first-order valence-electron chi connectivity index (χ1n) is 8.35. The van der Waals surface area contributed by atoms with Crippen molar-refractivity contribution in [2.45, 2.75) is 33.1 Å². The molecule has 5 nitrogen and oxygen atoms in total. The van der Waals surface area contributed by atoms with E-state index < -0.39 is 0 Å². The van der Waals surface area contributed by atoms with E-state index in [0.717, 1.165) is 12.0 Å². The number of hydrazone groups is 1. The van der Waals surface area contributed by atoms with Crippen molar-refractivity contribution in [2.24, 2.45) is 5.10 Å². The number of rotatable bonds is 7. The molecule has 0 fully saturated rings. The molecule has 0 aliphatic rings. The highest BCUT2D eigenvalue weighted by molar-refractivity contribution is 5.99. The third-order valence-corrected chi connectivity index (χ3v) is 4.06. The molecule has 0 radical (unpaired) electrons. The zero-order valence-corrected chi connectivity index (χ0v) is 14.8. The van der Waals surface area contributed by atoms with Gasteiger partial charge in [-0.15, -0.1) is 0 Å². The molecule has 0 saturated carbocycles. The minimum atomic E-state index is -0.330. The molecule has 1 amide bonds. The van der Waals surface area contributed by atoms with E-state index in [0.29, 0.717) is 17.4 Å². The van der Waals surface area contributed by atoms with E-state index in [4.69, 9.17) is 4.74 Å². The van der Waals surface area contributed by atoms with Crippen LogP contribution in [-0.4, -0.2) is 23.3 Å². The summed E-state index contributed by atoms with van der Waals surface area (Å²) in [6.07, 6.45) is 1.08. The van der Waals surface area contributed by atoms with Crippen LogP contribution in [0.5, 0.6) is 11.5 Å². The Labute approximate surface area is 148 Å². The van der Waals surface area contributed by atoms with Gasteiger partial charge in [0.15, 0.2) is 6.61 Å². The smallest absolute Gasteiger partial charge is 0.277 e. The second-order valence-corrected chi connectivity index (χ2v) is 5.95. The summed E-state index contributed by atoms with van der Waals surface area (Å²) >= 11 is 0. The average molecular weight is 340 g/mol. The number of carbonyl (C=O) groups is 1. The van der Waals surface area contributed by atoms with E-state index >= 15 is 0 Å². The van der Waals surface area contributed by atoms with Crippen molar-refractivity contribution in [2.75, 3.05) is 6.61 Å². The Morgan fingerprint density at radius 1 is 1.16 bits per heavy atom. The van der Waals surface area contributed by atoms with Gasteiger partial charge in [-0.05, 0) is 66.8 Å². The summed E-state index contributed by atoms with van der Waals surface area (Å²) in [5, 5.41) is 13.3. The fourth-order valence-corrected chi connectivity index (χ4v) is 2.22. The summed E-state index contributed by atoms with van der Waals surface area (Å²) in [5.74, 6) is 1.02. The first-order valence-corrected chi connectivity index (χ1v) is 8.35. The van der Waals surface area contributed by atoms with Crippen LogP contribution in [0.25, 0.3) is 0 Å². The van der Waals surface area contributed by atoms with E-state index in [1.165, 1.54) is 5.56 Å². The van der Waals surface area contributed by atoms with E-state index in [-0.39, 0.29) is 18.3 Å². The second kappa shape index (κ2) is 8.87. The van der Waals surface area contributed by atoms with Crippen LogP contribution in [0.4, 0.5) is 0 Å². The molecule has 2 aromatic carbocycles. The molecule has 0 aromatic heterocycles. The van der Waals surface area contributed by atoms with Crippen molar-refractivity contribution in [3.05, 3.63) is 59.7 Å². The van der Waals surface area contributed by atoms with E-state index in [9.17, 15) is 9.90 Å². The Balaban J connectivity index is 1.84. The molecule has 0 spiro atoms. The van der Waals surface area contributed by atoms with Gasteiger partial charge in [0.25, 0.3) is 5.91 Å². The number of hydrogen-bond donors (Lipinski definition) is 2. The lowest BCUT2D eigenvalue weighted by Crippen LogP contribution is -2.25. The number of carbonyl (C=O) groups excluding carboxylic acids is 1. The number of nitrogens with one attached hydrogen (secondary N) is 1. The SMILES string of the molecule is CCC(C)c1ccc(OCC(=O)N/N=C(\C)c2ccc(O)cc2)cc1. The monoisotopic (exact) mass is 340 g/mol. The average Bonchev–Trinajstić information content (AvgIpc) is 2.64. The number of amides is 1. The Bertz CT molecular complexity index is 722. The Morgan fingerprint density at radius 2 is 1.80 bits per heavy atom. The van der Waals surface area contributed by atoms with Gasteiger partial charge in [0.2, 0.25) is 0 Å². The number of phenolic OH excluding ortho intramolecular Hbond substituents is 1. The fraction of sp³-hybridized carbons (Fsp3) is 0.300. The first kappa shape index (κ1) is 18.5. The van der Waals surface area contributed by atoms with Gasteiger partial charge in [0.05, 0.1) is 5.71 Å². The highest BCUT2D eigenvalue weighted by atomic mass is 16.5. The molecule has 132 valence electrons. The van der Waals surface area contributed by atoms with Crippen molar-refractivity contribution < 1.29 is 14.6 Å². The topological polar surface area (TPSA) is 70.9 Å². The summed E-state index contributed by atoms with van der Waals surface area (Å²) in [4.78, 5) is 11.8. The summed E-state index contributed by atoms with van der Waals surface area (Å²) in [6, 6.07) is 14.4. The van der Waals surface area contributed by atoms with Gasteiger partial charge in [-0.3, -0.25) is 4.79 Å². The van der Waals surface area contributed by atoms with Crippen LogP contribution in [0.1, 0.15) is 44.2 Å². The lowest BCUT2D eigenvalue weighted by molar-refractivity contribution is -0.123. The molecular formula is C20H24N2O3. The standard InChI is InChI=1S/C20H24N2O3/c1-4-14(2)16-7-11-19(12-8-16)25-13-20(24)22-21-15(3)17-5-9-18(23)10-6-17/h5-12,14,23H,4,13H2,1-3H3,(H,22,24)/b21-15+. The van der Waals surface area contributed by atoms with Crippen LogP contribution in [0.15, 0.2) is 53.6 Å². The summed E-state index contributed by atoms with van der Waals surface area (Å²) in [6.45, 7) is 6.01. The van der Waals surface area contributed by atoms with Crippen molar-refractivity contribution in [3.8, 4) is 11.5 Å². The maximum atomic E-state index is 11.8. The Morgan fingerprint density at radius 3 is 2.40 bits per heavy atom. The van der Waals surface area contributed by atoms with Crippen LogP contribution < -0.4 is 10.2 Å². The quantitative estimate of drug-likeness (QED) is 0.594. The molecule has 2 aromatic rings. The second-order valence-electron chi connectivity index (χ2n) is 5.95. The minimum Gasteiger partial charge on any atom is -0.508 e. The van der Waals surface area contributed by atoms with Crippen molar-refractivity contribution in [3.63, 3.8) is 0 Å². The molecule has 0 heterocycles. The van der Waals surface area contributed by atoms with Gasteiger partial charge in [0.1, 0.15) is 11.5 Å². The van der Waals surface area contributed by atoms with Crippen LogP contribution in [0, 0.1) is 0 Å². The summed E-state index contributed by atoms with van der Waals surface area (Å²) < 4.78 is 5.48. The van der Waals surface area contributed by atoms with Crippen LogP contribution >= 0.6 is 0 Å². The molecule has 0 aliphatic heterocycles. The Hall–Kier alpha value is -2.82. The van der Waals surface area contributed by atoms with E-state index in [2.05, 4.69) is 24.4 Å². The molecule has 5 heteroatoms. The molecular weight excluding hydrogens is 316 g/mol. The van der Waals surface area contributed by atoms with Gasteiger partial charge in [-0.25, -0.2) is 5.43 Å². The predicted molar refractivity (Wildman–Crippen MR) is 99.1 cm³/mol. The van der Waals surface area contributed by atoms with E-state index in [1.807, 2.05) is 24.3 Å². The molecule has 0 saturated heterocycles. The number of benzene rings is 2. The van der Waals surface area contributed by atoms with Crippen LogP contribution in [0.3, 0.4) is 0 Å². The van der Waals surface area contributed by atoms with E-state index in [1.54, 1.807) is 31.2 Å². The third-order valence-electron chi connectivity index (χ3n) is 4.06. The number of ether oxygens (including phenoxy) is 1. The number of aromatic hydroxyl groups is 1. The zero-order valence-electron chi connectivity index (χ0n) is 14.8. The minimum absolute atomic E-state index is 0.102. The third kappa shape index (κ3) is 5.64. The van der Waals surface area contributed by atoms with Crippen molar-refractivity contribution in [1.29, 1.82) is 0 Å². The van der Waals surface area contributed by atoms with Crippen molar-refractivity contribution in [1.82, 2.24) is 5.43 Å². The van der Waals surface area contributed by atoms with Gasteiger partial charge in [-0.1, -0.05) is 26.0 Å². The maximum absolute atomic E-state index is 11.8. The highest BCUT2D eigenvalue weighted by Crippen LogP contribution is 2.21. The summed E-state index contributed by atoms with van der Waals surface area (Å²) in [5.41, 5.74) is 5.19. The lowest BCUT2D eigenvalue weighted by Gasteiger charge is -2.10. The largest absolute Gasteiger partial charge is 0.508 e.